The molecule has 8 heteroatoms. The molecule has 1 heterocycles. The molecular formula is C22H19ClFN3O2S. The minimum Gasteiger partial charge on any atom is -0.324 e. The van der Waals surface area contributed by atoms with E-state index in [2.05, 4.69) is 15.0 Å². The van der Waals surface area contributed by atoms with Gasteiger partial charge in [0.25, 0.3) is 10.0 Å². The van der Waals surface area contributed by atoms with E-state index in [1.165, 1.54) is 12.1 Å². The third-order valence-corrected chi connectivity index (χ3v) is 6.58. The number of aryl methyl sites for hydroxylation is 1. The van der Waals surface area contributed by atoms with Crippen LogP contribution in [0.1, 0.15) is 22.3 Å². The fourth-order valence-electron chi connectivity index (χ4n) is 3.28. The fourth-order valence-corrected chi connectivity index (χ4v) is 4.67. The summed E-state index contributed by atoms with van der Waals surface area (Å²) in [4.78, 5) is 4.39. The van der Waals surface area contributed by atoms with Crippen LogP contribution in [0.3, 0.4) is 0 Å². The van der Waals surface area contributed by atoms with E-state index in [1.54, 1.807) is 31.2 Å². The molecule has 1 aliphatic rings. The Balaban J connectivity index is 1.68. The van der Waals surface area contributed by atoms with E-state index in [0.717, 1.165) is 16.7 Å². The molecule has 0 aliphatic carbocycles. The highest BCUT2D eigenvalue weighted by atomic mass is 35.5. The molecule has 0 radical (unpaired) electrons. The zero-order chi connectivity index (χ0) is 21.3. The maximum absolute atomic E-state index is 14.1. The van der Waals surface area contributed by atoms with Gasteiger partial charge in [0.1, 0.15) is 10.7 Å². The molecule has 3 aromatic carbocycles. The van der Waals surface area contributed by atoms with Crippen LogP contribution in [0.25, 0.3) is 0 Å². The first-order chi connectivity index (χ1) is 14.3. The SMILES string of the molecule is Cc1ccc(CN=C2Nc3c(Cc4ccccc4Cl)cccc3S(=O)(=O)N2)c(F)c1. The quantitative estimate of drug-likeness (QED) is 0.617. The molecule has 4 rings (SSSR count). The highest BCUT2D eigenvalue weighted by Crippen LogP contribution is 2.31. The number of benzene rings is 3. The van der Waals surface area contributed by atoms with Crippen molar-refractivity contribution in [2.75, 3.05) is 5.32 Å². The minimum absolute atomic E-state index is 0.00101. The molecule has 0 spiro atoms. The zero-order valence-corrected chi connectivity index (χ0v) is 17.7. The minimum atomic E-state index is -3.81. The van der Waals surface area contributed by atoms with Gasteiger partial charge in [0, 0.05) is 17.0 Å². The monoisotopic (exact) mass is 443 g/mol. The molecule has 1 aliphatic heterocycles. The summed E-state index contributed by atoms with van der Waals surface area (Å²) in [5, 5.41) is 3.66. The normalized spacial score (nSPS) is 15.9. The van der Waals surface area contributed by atoms with E-state index in [0.29, 0.717) is 22.7 Å². The summed E-state index contributed by atoms with van der Waals surface area (Å²) in [5.41, 5.74) is 3.27. The first-order valence-electron chi connectivity index (χ1n) is 9.28. The van der Waals surface area contributed by atoms with Crippen LogP contribution in [-0.2, 0) is 23.0 Å². The van der Waals surface area contributed by atoms with Crippen LogP contribution in [-0.4, -0.2) is 14.4 Å². The van der Waals surface area contributed by atoms with Gasteiger partial charge in [-0.1, -0.05) is 54.1 Å². The van der Waals surface area contributed by atoms with E-state index in [9.17, 15) is 12.8 Å². The Bertz CT molecular complexity index is 1260. The van der Waals surface area contributed by atoms with Gasteiger partial charge in [-0.15, -0.1) is 0 Å². The van der Waals surface area contributed by atoms with Crippen LogP contribution in [0, 0.1) is 12.7 Å². The number of aliphatic imine (C=N–C) groups is 1. The second-order valence-electron chi connectivity index (χ2n) is 7.05. The number of rotatable bonds is 4. The van der Waals surface area contributed by atoms with E-state index < -0.39 is 10.0 Å². The molecule has 0 bridgehead atoms. The summed E-state index contributed by atoms with van der Waals surface area (Å²) in [6.07, 6.45) is 0.450. The Morgan fingerprint density at radius 1 is 1.00 bits per heavy atom. The van der Waals surface area contributed by atoms with Crippen LogP contribution in [0.4, 0.5) is 10.1 Å². The lowest BCUT2D eigenvalue weighted by atomic mass is 10.0. The molecule has 5 nitrogen and oxygen atoms in total. The Kier molecular flexibility index (Phi) is 5.49. The molecule has 30 heavy (non-hydrogen) atoms. The summed E-state index contributed by atoms with van der Waals surface area (Å²) in [6.45, 7) is 1.80. The molecule has 2 N–H and O–H groups in total. The van der Waals surface area contributed by atoms with E-state index in [4.69, 9.17) is 11.6 Å². The highest BCUT2D eigenvalue weighted by Gasteiger charge is 2.28. The van der Waals surface area contributed by atoms with Crippen LogP contribution < -0.4 is 10.0 Å². The molecule has 0 unspecified atom stereocenters. The Labute approximate surface area is 179 Å². The Morgan fingerprint density at radius 3 is 2.53 bits per heavy atom. The smallest absolute Gasteiger partial charge is 0.266 e. The first kappa shape index (κ1) is 20.4. The summed E-state index contributed by atoms with van der Waals surface area (Å²) in [6, 6.07) is 17.3. The summed E-state index contributed by atoms with van der Waals surface area (Å²) < 4.78 is 42.0. The van der Waals surface area contributed by atoms with Gasteiger partial charge >= 0.3 is 0 Å². The molecule has 0 saturated heterocycles. The molecule has 0 saturated carbocycles. The van der Waals surface area contributed by atoms with Crippen molar-refractivity contribution < 1.29 is 12.8 Å². The number of para-hydroxylation sites is 1. The van der Waals surface area contributed by atoms with Crippen molar-refractivity contribution in [1.82, 2.24) is 4.72 Å². The third-order valence-electron chi connectivity index (χ3n) is 4.83. The van der Waals surface area contributed by atoms with Crippen molar-refractivity contribution in [3.05, 3.63) is 93.8 Å². The standard InChI is InChI=1S/C22H19ClFN3O2S/c1-14-9-10-17(19(24)11-14)13-25-22-26-21-16(12-15-5-2-3-7-18(15)23)6-4-8-20(21)30(28,29)27-22/h2-11H,12-13H2,1H3,(H2,25,26,27). The number of hydrogen-bond acceptors (Lipinski definition) is 3. The second-order valence-corrected chi connectivity index (χ2v) is 9.11. The third kappa shape index (κ3) is 4.17. The van der Waals surface area contributed by atoms with Crippen LogP contribution in [0.5, 0.6) is 0 Å². The van der Waals surface area contributed by atoms with Gasteiger partial charge in [-0.3, -0.25) is 0 Å². The molecular weight excluding hydrogens is 425 g/mol. The Morgan fingerprint density at radius 2 is 1.77 bits per heavy atom. The van der Waals surface area contributed by atoms with Gasteiger partial charge in [0.05, 0.1) is 12.2 Å². The van der Waals surface area contributed by atoms with E-state index in [1.807, 2.05) is 24.3 Å². The van der Waals surface area contributed by atoms with Gasteiger partial charge in [0.2, 0.25) is 5.96 Å². The topological polar surface area (TPSA) is 70.6 Å². The van der Waals surface area contributed by atoms with Crippen LogP contribution in [0.2, 0.25) is 5.02 Å². The number of anilines is 1. The fraction of sp³-hybridized carbons (Fsp3) is 0.136. The summed E-state index contributed by atoms with van der Waals surface area (Å²) in [5.74, 6) is -0.327. The highest BCUT2D eigenvalue weighted by molar-refractivity contribution is 7.90. The first-order valence-corrected chi connectivity index (χ1v) is 11.1. The largest absolute Gasteiger partial charge is 0.324 e. The summed E-state index contributed by atoms with van der Waals surface area (Å²) in [7, 11) is -3.81. The number of fused-ring (bicyclic) bond motifs is 1. The van der Waals surface area contributed by atoms with Crippen LogP contribution in [0.15, 0.2) is 70.6 Å². The van der Waals surface area contributed by atoms with Crippen molar-refractivity contribution in [2.24, 2.45) is 4.99 Å². The van der Waals surface area contributed by atoms with Crippen molar-refractivity contribution in [3.8, 4) is 0 Å². The molecule has 0 atom stereocenters. The van der Waals surface area contributed by atoms with Gasteiger partial charge in [0.15, 0.2) is 0 Å². The molecule has 0 fully saturated rings. The molecule has 0 amide bonds. The average Bonchev–Trinajstić information content (AvgIpc) is 2.69. The number of halogens is 2. The zero-order valence-electron chi connectivity index (χ0n) is 16.1. The number of hydrogen-bond donors (Lipinski definition) is 2. The second kappa shape index (κ2) is 8.08. The van der Waals surface area contributed by atoms with Gasteiger partial charge < -0.3 is 5.32 Å². The maximum Gasteiger partial charge on any atom is 0.266 e. The maximum atomic E-state index is 14.1. The van der Waals surface area contributed by atoms with E-state index >= 15 is 0 Å². The number of sulfonamides is 1. The van der Waals surface area contributed by atoms with Crippen molar-refractivity contribution in [2.45, 2.75) is 24.8 Å². The average molecular weight is 444 g/mol. The lowest BCUT2D eigenvalue weighted by Crippen LogP contribution is -2.41. The van der Waals surface area contributed by atoms with Gasteiger partial charge in [-0.25, -0.2) is 22.5 Å². The Hall–Kier alpha value is -2.90. The number of nitrogens with one attached hydrogen (secondary N) is 2. The number of guanidine groups is 1. The molecule has 3 aromatic rings. The number of nitrogens with zero attached hydrogens (tertiary/aromatic N) is 1. The van der Waals surface area contributed by atoms with Crippen LogP contribution >= 0.6 is 11.6 Å². The lowest BCUT2D eigenvalue weighted by molar-refractivity contribution is 0.591. The van der Waals surface area contributed by atoms with Crippen molar-refractivity contribution in [3.63, 3.8) is 0 Å². The van der Waals surface area contributed by atoms with Crippen molar-refractivity contribution >= 4 is 33.3 Å². The molecule has 154 valence electrons. The summed E-state index contributed by atoms with van der Waals surface area (Å²) >= 11 is 6.28. The van der Waals surface area contributed by atoms with Crippen molar-refractivity contribution in [1.29, 1.82) is 0 Å². The van der Waals surface area contributed by atoms with Gasteiger partial charge in [-0.2, -0.15) is 0 Å². The lowest BCUT2D eigenvalue weighted by Gasteiger charge is -2.24. The predicted octanol–water partition coefficient (Wildman–Crippen LogP) is 4.64. The van der Waals surface area contributed by atoms with Gasteiger partial charge in [-0.05, 0) is 41.8 Å². The van der Waals surface area contributed by atoms with E-state index in [-0.39, 0.29) is 23.2 Å². The molecule has 0 aromatic heterocycles. The predicted molar refractivity (Wildman–Crippen MR) is 117 cm³/mol.